The molecule has 17 heavy (non-hydrogen) atoms. The number of hydrogen-bond acceptors (Lipinski definition) is 2. The Hall–Kier alpha value is -1.36. The van der Waals surface area contributed by atoms with Crippen LogP contribution in [0.1, 0.15) is 18.9 Å². The molecule has 2 rings (SSSR count). The molecule has 3 amide bonds. The predicted molar refractivity (Wildman–Crippen MR) is 67.5 cm³/mol. The lowest BCUT2D eigenvalue weighted by atomic mass is 9.93. The van der Waals surface area contributed by atoms with Crippen molar-refractivity contribution in [2.45, 2.75) is 25.3 Å². The van der Waals surface area contributed by atoms with E-state index < -0.39 is 11.6 Å². The van der Waals surface area contributed by atoms with Gasteiger partial charge in [0.25, 0.3) is 5.91 Å². The van der Waals surface area contributed by atoms with Crippen LogP contribution in [-0.2, 0) is 11.2 Å². The molecule has 1 fully saturated rings. The lowest BCUT2D eigenvalue weighted by Crippen LogP contribution is -2.43. The second kappa shape index (κ2) is 4.49. The Kier molecular flexibility index (Phi) is 3.19. The van der Waals surface area contributed by atoms with Gasteiger partial charge in [-0.15, -0.1) is 0 Å². The normalized spacial score (nSPS) is 23.4. The zero-order valence-corrected chi connectivity index (χ0v) is 11.0. The second-order valence-corrected chi connectivity index (χ2v) is 5.28. The fraction of sp³-hybridized carbons (Fsp3) is 0.333. The highest BCUT2D eigenvalue weighted by atomic mass is 79.9. The van der Waals surface area contributed by atoms with E-state index in [0.29, 0.717) is 6.42 Å². The average molecular weight is 297 g/mol. The predicted octanol–water partition coefficient (Wildman–Crippen LogP) is 1.98. The van der Waals surface area contributed by atoms with Gasteiger partial charge in [0.2, 0.25) is 0 Å². The molecule has 5 heteroatoms. The van der Waals surface area contributed by atoms with Gasteiger partial charge in [-0.1, -0.05) is 28.1 Å². The lowest BCUT2D eigenvalue weighted by Gasteiger charge is -2.20. The average Bonchev–Trinajstić information content (AvgIpc) is 2.52. The molecule has 1 aliphatic heterocycles. The van der Waals surface area contributed by atoms with Crippen LogP contribution < -0.4 is 10.6 Å². The maximum absolute atomic E-state index is 11.6. The van der Waals surface area contributed by atoms with Crippen molar-refractivity contribution in [3.05, 3.63) is 34.3 Å². The van der Waals surface area contributed by atoms with Gasteiger partial charge in [0.1, 0.15) is 5.54 Å². The number of hydrogen-bond donors (Lipinski definition) is 2. The topological polar surface area (TPSA) is 58.2 Å². The van der Waals surface area contributed by atoms with Crippen molar-refractivity contribution in [1.29, 1.82) is 0 Å². The van der Waals surface area contributed by atoms with Crippen LogP contribution >= 0.6 is 15.9 Å². The highest BCUT2D eigenvalue weighted by Crippen LogP contribution is 2.19. The summed E-state index contributed by atoms with van der Waals surface area (Å²) in [5, 5.41) is 4.91. The van der Waals surface area contributed by atoms with E-state index in [2.05, 4.69) is 26.6 Å². The molecule has 0 aliphatic carbocycles. The molecule has 1 atom stereocenters. The summed E-state index contributed by atoms with van der Waals surface area (Å²) in [6.45, 7) is 1.74. The molecule has 1 aromatic rings. The molecule has 1 aliphatic rings. The molecule has 0 bridgehead atoms. The van der Waals surface area contributed by atoms with Crippen molar-refractivity contribution in [2.24, 2.45) is 0 Å². The summed E-state index contributed by atoms with van der Waals surface area (Å²) in [6, 6.07) is 7.52. The molecule has 4 nitrogen and oxygen atoms in total. The number of rotatable bonds is 3. The Bertz CT molecular complexity index is 458. The third-order valence-electron chi connectivity index (χ3n) is 2.94. The van der Waals surface area contributed by atoms with Gasteiger partial charge in [-0.3, -0.25) is 10.1 Å². The van der Waals surface area contributed by atoms with Crippen molar-refractivity contribution >= 4 is 27.9 Å². The van der Waals surface area contributed by atoms with E-state index in [4.69, 9.17) is 0 Å². The summed E-state index contributed by atoms with van der Waals surface area (Å²) in [7, 11) is 0. The second-order valence-electron chi connectivity index (χ2n) is 4.37. The van der Waals surface area contributed by atoms with Gasteiger partial charge < -0.3 is 5.32 Å². The molecule has 0 aromatic heterocycles. The molecule has 2 N–H and O–H groups in total. The molecule has 1 saturated heterocycles. The van der Waals surface area contributed by atoms with E-state index in [-0.39, 0.29) is 5.91 Å². The van der Waals surface area contributed by atoms with E-state index in [1.54, 1.807) is 6.92 Å². The van der Waals surface area contributed by atoms with Crippen LogP contribution in [0, 0.1) is 0 Å². The number of nitrogens with one attached hydrogen (secondary N) is 2. The van der Waals surface area contributed by atoms with Gasteiger partial charge in [-0.25, -0.2) is 4.79 Å². The number of aryl methyl sites for hydroxylation is 1. The number of urea groups is 1. The zero-order chi connectivity index (χ0) is 12.5. The number of carbonyl (C=O) groups is 2. The van der Waals surface area contributed by atoms with Crippen molar-refractivity contribution in [3.63, 3.8) is 0 Å². The van der Waals surface area contributed by atoms with Gasteiger partial charge in [-0.2, -0.15) is 0 Å². The summed E-state index contributed by atoms with van der Waals surface area (Å²) in [5.41, 5.74) is 0.354. The van der Waals surface area contributed by atoms with Crippen LogP contribution in [0.3, 0.4) is 0 Å². The number of carbonyl (C=O) groups excluding carboxylic acids is 2. The van der Waals surface area contributed by atoms with Gasteiger partial charge in [0, 0.05) is 4.47 Å². The Labute approximate surface area is 108 Å². The Morgan fingerprint density at radius 3 is 2.41 bits per heavy atom. The van der Waals surface area contributed by atoms with E-state index in [1.165, 1.54) is 0 Å². The zero-order valence-electron chi connectivity index (χ0n) is 9.42. The first-order valence-corrected chi connectivity index (χ1v) is 6.17. The summed E-state index contributed by atoms with van der Waals surface area (Å²) in [6.07, 6.45) is 1.34. The van der Waals surface area contributed by atoms with Crippen LogP contribution in [-0.4, -0.2) is 17.5 Å². The number of amides is 3. The fourth-order valence-corrected chi connectivity index (χ4v) is 2.07. The standard InChI is InChI=1S/C12H13BrN2O2/c1-12(10(16)14-11(17)15-12)7-6-8-2-4-9(13)5-3-8/h2-5H,6-7H2,1H3,(H2,14,15,16,17)/t12-/m0/s1. The minimum atomic E-state index is -0.788. The van der Waals surface area contributed by atoms with Crippen molar-refractivity contribution in [2.75, 3.05) is 0 Å². The van der Waals surface area contributed by atoms with Crippen LogP contribution in [0.25, 0.3) is 0 Å². The third kappa shape index (κ3) is 2.66. The molecule has 1 heterocycles. The molecule has 0 radical (unpaired) electrons. The van der Waals surface area contributed by atoms with E-state index in [9.17, 15) is 9.59 Å². The minimum absolute atomic E-state index is 0.250. The summed E-state index contributed by atoms with van der Waals surface area (Å²) < 4.78 is 1.03. The van der Waals surface area contributed by atoms with Crippen LogP contribution in [0.5, 0.6) is 0 Å². The first-order chi connectivity index (χ1) is 7.99. The number of imide groups is 1. The summed E-state index contributed by atoms with van der Waals surface area (Å²) >= 11 is 3.37. The SMILES string of the molecule is C[C@@]1(CCc2ccc(Br)cc2)NC(=O)NC1=O. The van der Waals surface area contributed by atoms with E-state index in [0.717, 1.165) is 16.5 Å². The maximum atomic E-state index is 11.6. The lowest BCUT2D eigenvalue weighted by molar-refractivity contribution is -0.123. The summed E-state index contributed by atoms with van der Waals surface area (Å²) in [5.74, 6) is -0.250. The van der Waals surface area contributed by atoms with Crippen molar-refractivity contribution < 1.29 is 9.59 Å². The highest BCUT2D eigenvalue weighted by Gasteiger charge is 2.41. The molecular weight excluding hydrogens is 284 g/mol. The van der Waals surface area contributed by atoms with Crippen molar-refractivity contribution in [1.82, 2.24) is 10.6 Å². The van der Waals surface area contributed by atoms with Crippen molar-refractivity contribution in [3.8, 4) is 0 Å². The Morgan fingerprint density at radius 1 is 1.24 bits per heavy atom. The van der Waals surface area contributed by atoms with Crippen LogP contribution in [0.15, 0.2) is 28.7 Å². The Balaban J connectivity index is 2.00. The third-order valence-corrected chi connectivity index (χ3v) is 3.47. The highest BCUT2D eigenvalue weighted by molar-refractivity contribution is 9.10. The molecule has 0 spiro atoms. The number of halogens is 1. The molecule has 90 valence electrons. The fourth-order valence-electron chi connectivity index (χ4n) is 1.80. The largest absolute Gasteiger partial charge is 0.324 e. The first kappa shape index (κ1) is 12.1. The van der Waals surface area contributed by atoms with Crippen LogP contribution in [0.4, 0.5) is 4.79 Å². The van der Waals surface area contributed by atoms with E-state index in [1.807, 2.05) is 24.3 Å². The number of benzene rings is 1. The Morgan fingerprint density at radius 2 is 1.88 bits per heavy atom. The monoisotopic (exact) mass is 296 g/mol. The molecule has 0 saturated carbocycles. The first-order valence-electron chi connectivity index (χ1n) is 5.38. The van der Waals surface area contributed by atoms with Gasteiger partial charge >= 0.3 is 6.03 Å². The smallest absolute Gasteiger partial charge is 0.322 e. The molecule has 1 aromatic carbocycles. The molecular formula is C12H13BrN2O2. The maximum Gasteiger partial charge on any atom is 0.322 e. The summed E-state index contributed by atoms with van der Waals surface area (Å²) in [4.78, 5) is 22.7. The van der Waals surface area contributed by atoms with Gasteiger partial charge in [-0.05, 0) is 37.5 Å². The van der Waals surface area contributed by atoms with Crippen LogP contribution in [0.2, 0.25) is 0 Å². The molecule has 0 unspecified atom stereocenters. The minimum Gasteiger partial charge on any atom is -0.324 e. The quantitative estimate of drug-likeness (QED) is 0.838. The van der Waals surface area contributed by atoms with Gasteiger partial charge in [0.15, 0.2) is 0 Å². The van der Waals surface area contributed by atoms with Gasteiger partial charge in [0.05, 0.1) is 0 Å². The van der Waals surface area contributed by atoms with E-state index >= 15 is 0 Å².